The summed E-state index contributed by atoms with van der Waals surface area (Å²) < 4.78 is 0. The number of unbranched alkanes of at least 4 members (excludes halogenated alkanes) is 2. The molecule has 0 fully saturated rings. The van der Waals surface area contributed by atoms with Gasteiger partial charge in [0.15, 0.2) is 0 Å². The summed E-state index contributed by atoms with van der Waals surface area (Å²) in [6, 6.07) is 0. The molecule has 0 aliphatic heterocycles. The van der Waals surface area contributed by atoms with E-state index in [4.69, 9.17) is 5.11 Å². The number of carboxylic acid groups (broad SMARTS) is 1. The first kappa shape index (κ1) is 10.0. The molecule has 0 unspecified atom stereocenters. The van der Waals surface area contributed by atoms with Gasteiger partial charge in [0.2, 0.25) is 0 Å². The van der Waals surface area contributed by atoms with Crippen LogP contribution in [0.3, 0.4) is 0 Å². The van der Waals surface area contributed by atoms with Crippen LogP contribution in [-0.4, -0.2) is 11.1 Å². The molecule has 0 aromatic rings. The smallest absolute Gasteiger partial charge is 0.304 e. The van der Waals surface area contributed by atoms with Crippen LogP contribution in [0.15, 0.2) is 0 Å². The van der Waals surface area contributed by atoms with E-state index in [1.165, 1.54) is 0 Å². The first-order valence-corrected chi connectivity index (χ1v) is 3.95. The molecule has 0 rings (SSSR count). The van der Waals surface area contributed by atoms with Crippen LogP contribution in [0.4, 0.5) is 0 Å². The standard InChI is InChI=1S/C9H14O2/c1-2-3-4-5-6-7-8-9(10)11/h2-4,7-8H2,1H3,(H,10,11). The van der Waals surface area contributed by atoms with Crippen molar-refractivity contribution in [2.75, 3.05) is 0 Å². The Morgan fingerprint density at radius 1 is 1.36 bits per heavy atom. The van der Waals surface area contributed by atoms with E-state index in [1.54, 1.807) is 0 Å². The fourth-order valence-corrected chi connectivity index (χ4v) is 0.611. The van der Waals surface area contributed by atoms with Gasteiger partial charge in [0.25, 0.3) is 0 Å². The third-order valence-electron chi connectivity index (χ3n) is 1.24. The fourth-order valence-electron chi connectivity index (χ4n) is 0.611. The average Bonchev–Trinajstić information content (AvgIpc) is 1.96. The number of carboxylic acids is 1. The lowest BCUT2D eigenvalue weighted by molar-refractivity contribution is -0.136. The highest BCUT2D eigenvalue weighted by atomic mass is 16.4. The molecule has 0 saturated carbocycles. The minimum atomic E-state index is -0.769. The molecule has 0 atom stereocenters. The van der Waals surface area contributed by atoms with E-state index < -0.39 is 5.97 Å². The van der Waals surface area contributed by atoms with Crippen LogP contribution in [0.5, 0.6) is 0 Å². The molecule has 0 aliphatic rings. The van der Waals surface area contributed by atoms with Gasteiger partial charge in [0, 0.05) is 12.8 Å². The lowest BCUT2D eigenvalue weighted by atomic mass is 10.2. The Morgan fingerprint density at radius 2 is 2.00 bits per heavy atom. The third kappa shape index (κ3) is 9.03. The van der Waals surface area contributed by atoms with E-state index in [9.17, 15) is 4.79 Å². The van der Waals surface area contributed by atoms with Crippen molar-refractivity contribution in [3.8, 4) is 11.8 Å². The minimum absolute atomic E-state index is 0.166. The second-order valence-corrected chi connectivity index (χ2v) is 2.35. The Morgan fingerprint density at radius 3 is 2.55 bits per heavy atom. The molecule has 0 aromatic heterocycles. The molecule has 11 heavy (non-hydrogen) atoms. The predicted molar refractivity (Wildman–Crippen MR) is 44.2 cm³/mol. The quantitative estimate of drug-likeness (QED) is 0.497. The van der Waals surface area contributed by atoms with Gasteiger partial charge in [-0.25, -0.2) is 0 Å². The summed E-state index contributed by atoms with van der Waals surface area (Å²) in [5, 5.41) is 8.25. The zero-order chi connectivity index (χ0) is 8.53. The van der Waals surface area contributed by atoms with Gasteiger partial charge in [-0.05, 0) is 6.42 Å². The van der Waals surface area contributed by atoms with Crippen LogP contribution in [0, 0.1) is 11.8 Å². The topological polar surface area (TPSA) is 37.3 Å². The largest absolute Gasteiger partial charge is 0.481 e. The molecule has 2 nitrogen and oxygen atoms in total. The second-order valence-electron chi connectivity index (χ2n) is 2.35. The molecule has 0 amide bonds. The molecule has 1 N–H and O–H groups in total. The molecule has 2 heteroatoms. The lowest BCUT2D eigenvalue weighted by Crippen LogP contribution is -1.91. The summed E-state index contributed by atoms with van der Waals surface area (Å²) >= 11 is 0. The summed E-state index contributed by atoms with van der Waals surface area (Å²) in [6.07, 6.45) is 3.81. The molecular weight excluding hydrogens is 140 g/mol. The van der Waals surface area contributed by atoms with Gasteiger partial charge < -0.3 is 5.11 Å². The SMILES string of the molecule is CCCCC#CCCC(=O)O. The van der Waals surface area contributed by atoms with E-state index >= 15 is 0 Å². The molecule has 0 spiro atoms. The maximum Gasteiger partial charge on any atom is 0.304 e. The van der Waals surface area contributed by atoms with E-state index in [1.807, 2.05) is 0 Å². The Hall–Kier alpha value is -0.970. The Kier molecular flexibility index (Phi) is 6.51. The lowest BCUT2D eigenvalue weighted by Gasteiger charge is -1.85. The van der Waals surface area contributed by atoms with Crippen LogP contribution < -0.4 is 0 Å². The van der Waals surface area contributed by atoms with Crippen molar-refractivity contribution < 1.29 is 9.90 Å². The first-order valence-electron chi connectivity index (χ1n) is 3.95. The van der Waals surface area contributed by atoms with Crippen LogP contribution in [-0.2, 0) is 4.79 Å². The minimum Gasteiger partial charge on any atom is -0.481 e. The maximum absolute atomic E-state index is 10.0. The van der Waals surface area contributed by atoms with Crippen LogP contribution >= 0.6 is 0 Å². The highest BCUT2D eigenvalue weighted by Gasteiger charge is 1.90. The van der Waals surface area contributed by atoms with E-state index in [-0.39, 0.29) is 6.42 Å². The highest BCUT2D eigenvalue weighted by molar-refractivity contribution is 5.66. The fraction of sp³-hybridized carbons (Fsp3) is 0.667. The van der Waals surface area contributed by atoms with Crippen LogP contribution in [0.1, 0.15) is 39.0 Å². The van der Waals surface area contributed by atoms with Crippen molar-refractivity contribution in [1.82, 2.24) is 0 Å². The number of carbonyl (C=O) groups is 1. The van der Waals surface area contributed by atoms with Crippen molar-refractivity contribution in [3.05, 3.63) is 0 Å². The van der Waals surface area contributed by atoms with E-state index in [0.29, 0.717) is 6.42 Å². The van der Waals surface area contributed by atoms with Gasteiger partial charge in [0.05, 0.1) is 6.42 Å². The van der Waals surface area contributed by atoms with Gasteiger partial charge in [0.1, 0.15) is 0 Å². The molecular formula is C9H14O2. The van der Waals surface area contributed by atoms with Gasteiger partial charge in [-0.3, -0.25) is 4.79 Å². The molecule has 0 radical (unpaired) electrons. The number of rotatable bonds is 4. The maximum atomic E-state index is 10.0. The monoisotopic (exact) mass is 154 g/mol. The zero-order valence-corrected chi connectivity index (χ0v) is 6.89. The van der Waals surface area contributed by atoms with Gasteiger partial charge in [-0.1, -0.05) is 13.3 Å². The van der Waals surface area contributed by atoms with Gasteiger partial charge in [-0.2, -0.15) is 0 Å². The summed E-state index contributed by atoms with van der Waals surface area (Å²) in [7, 11) is 0. The second kappa shape index (κ2) is 7.14. The van der Waals surface area contributed by atoms with Crippen molar-refractivity contribution in [2.45, 2.75) is 39.0 Å². The molecule has 0 aliphatic carbocycles. The summed E-state index contributed by atoms with van der Waals surface area (Å²) in [6.45, 7) is 2.11. The van der Waals surface area contributed by atoms with Crippen molar-refractivity contribution in [1.29, 1.82) is 0 Å². The number of aliphatic carboxylic acids is 1. The predicted octanol–water partition coefficient (Wildman–Crippen LogP) is 2.04. The highest BCUT2D eigenvalue weighted by Crippen LogP contribution is 1.91. The van der Waals surface area contributed by atoms with Crippen molar-refractivity contribution in [2.24, 2.45) is 0 Å². The van der Waals surface area contributed by atoms with Gasteiger partial charge in [-0.15, -0.1) is 11.8 Å². The van der Waals surface area contributed by atoms with Crippen LogP contribution in [0.25, 0.3) is 0 Å². The molecule has 0 saturated heterocycles. The number of hydrogen-bond acceptors (Lipinski definition) is 1. The van der Waals surface area contributed by atoms with Crippen LogP contribution in [0.2, 0.25) is 0 Å². The molecule has 0 heterocycles. The Bertz CT molecular complexity index is 162. The molecule has 62 valence electrons. The molecule has 0 aromatic carbocycles. The number of hydrogen-bond donors (Lipinski definition) is 1. The summed E-state index contributed by atoms with van der Waals surface area (Å²) in [5.74, 6) is 4.98. The van der Waals surface area contributed by atoms with Gasteiger partial charge >= 0.3 is 5.97 Å². The van der Waals surface area contributed by atoms with E-state index in [0.717, 1.165) is 19.3 Å². The zero-order valence-electron chi connectivity index (χ0n) is 6.89. The van der Waals surface area contributed by atoms with E-state index in [2.05, 4.69) is 18.8 Å². The summed E-state index contributed by atoms with van der Waals surface area (Å²) in [5.41, 5.74) is 0. The first-order chi connectivity index (χ1) is 5.27. The molecule has 0 bridgehead atoms. The summed E-state index contributed by atoms with van der Waals surface area (Å²) in [4.78, 5) is 10.0. The Labute approximate surface area is 67.6 Å². The van der Waals surface area contributed by atoms with Crippen molar-refractivity contribution >= 4 is 5.97 Å². The average molecular weight is 154 g/mol. The van der Waals surface area contributed by atoms with Crippen molar-refractivity contribution in [3.63, 3.8) is 0 Å². The Balaban J connectivity index is 3.19. The third-order valence-corrected chi connectivity index (χ3v) is 1.24. The normalized spacial score (nSPS) is 8.45.